The van der Waals surface area contributed by atoms with Gasteiger partial charge in [-0.05, 0) is 83.5 Å². The number of carbonyl (C=O) groups excluding carboxylic acids is 3. The second-order valence-corrected chi connectivity index (χ2v) is 18.5. The van der Waals surface area contributed by atoms with Gasteiger partial charge in [-0.1, -0.05) is 236 Å². The number of unbranched alkanes of at least 4 members (excludes halogenated alkanes) is 29. The van der Waals surface area contributed by atoms with Crippen molar-refractivity contribution in [3.05, 3.63) is 60.8 Å². The highest BCUT2D eigenvalue weighted by Gasteiger charge is 2.19. The Morgan fingerprint density at radius 3 is 0.985 bits per heavy atom. The quantitative estimate of drug-likeness (QED) is 0.0262. The first kappa shape index (κ1) is 62.1. The zero-order valence-corrected chi connectivity index (χ0v) is 43.0. The summed E-state index contributed by atoms with van der Waals surface area (Å²) in [6.45, 7) is 6.50. The van der Waals surface area contributed by atoms with Crippen molar-refractivity contribution in [2.24, 2.45) is 0 Å². The van der Waals surface area contributed by atoms with E-state index < -0.39 is 6.10 Å². The van der Waals surface area contributed by atoms with Gasteiger partial charge in [-0.15, -0.1) is 0 Å². The molecule has 0 aliphatic heterocycles. The van der Waals surface area contributed by atoms with Crippen LogP contribution in [0.4, 0.5) is 0 Å². The topological polar surface area (TPSA) is 78.9 Å². The monoisotopic (exact) mass is 909 g/mol. The lowest BCUT2D eigenvalue weighted by molar-refractivity contribution is -0.167. The second kappa shape index (κ2) is 53.7. The molecule has 0 radical (unpaired) electrons. The third kappa shape index (κ3) is 51.9. The predicted octanol–water partition coefficient (Wildman–Crippen LogP) is 18.4. The third-order valence-corrected chi connectivity index (χ3v) is 12.0. The molecule has 0 heterocycles. The van der Waals surface area contributed by atoms with Crippen LogP contribution < -0.4 is 0 Å². The highest BCUT2D eigenvalue weighted by Crippen LogP contribution is 2.16. The van der Waals surface area contributed by atoms with E-state index in [0.717, 1.165) is 83.5 Å². The van der Waals surface area contributed by atoms with Crippen LogP contribution in [0.15, 0.2) is 60.8 Å². The zero-order valence-electron chi connectivity index (χ0n) is 43.0. The molecule has 0 saturated carbocycles. The Labute approximate surface area is 402 Å². The number of allylic oxidation sites excluding steroid dienone is 10. The molecule has 0 bridgehead atoms. The molecule has 0 rings (SSSR count). The lowest BCUT2D eigenvalue weighted by Crippen LogP contribution is -2.30. The molecule has 0 saturated heterocycles. The molecule has 0 aliphatic rings. The molecular formula is C59H104O6. The lowest BCUT2D eigenvalue weighted by atomic mass is 10.0. The van der Waals surface area contributed by atoms with Crippen molar-refractivity contribution in [3.63, 3.8) is 0 Å². The first-order valence-electron chi connectivity index (χ1n) is 27.8. The summed E-state index contributed by atoms with van der Waals surface area (Å²) in [4.78, 5) is 38.1. The third-order valence-electron chi connectivity index (χ3n) is 12.0. The molecule has 0 spiro atoms. The van der Waals surface area contributed by atoms with Crippen molar-refractivity contribution in [3.8, 4) is 0 Å². The van der Waals surface area contributed by atoms with Gasteiger partial charge in [-0.3, -0.25) is 14.4 Å². The first-order valence-corrected chi connectivity index (χ1v) is 27.8. The van der Waals surface area contributed by atoms with Gasteiger partial charge in [0.25, 0.3) is 0 Å². The van der Waals surface area contributed by atoms with E-state index >= 15 is 0 Å². The van der Waals surface area contributed by atoms with E-state index in [-0.39, 0.29) is 31.1 Å². The van der Waals surface area contributed by atoms with Gasteiger partial charge in [0, 0.05) is 19.3 Å². The van der Waals surface area contributed by atoms with Crippen LogP contribution in [0.1, 0.15) is 278 Å². The SMILES string of the molecule is CC/C=C\C/C=C\C/C=C\C/C=C\CCCCC(=O)OC[C@H](COC(=O)CCCCCCCCCCCCCCC)OC(=O)CCCCCCCCCCC/C=C\CCCCCCCC. The van der Waals surface area contributed by atoms with Crippen LogP contribution in [0, 0.1) is 0 Å². The molecule has 0 aromatic carbocycles. The standard InChI is InChI=1S/C59H104O6/c1-4-7-10-13-16-19-22-25-27-28-29-30-32-35-38-41-44-47-50-53-59(62)65-56(54-63-57(60)51-48-45-42-39-36-33-24-21-18-15-12-9-6-3)55-64-58(61)52-49-46-43-40-37-34-31-26-23-20-17-14-11-8-5-2/h8,11,17,20,25-27,31,37,40,56H,4-7,9-10,12-16,18-19,21-24,28-30,32-36,38-39,41-55H2,1-3H3/b11-8-,20-17-,27-25-,31-26-,40-37-/t56-/m0/s1. The molecule has 65 heavy (non-hydrogen) atoms. The van der Waals surface area contributed by atoms with E-state index in [1.807, 2.05) is 0 Å². The molecule has 0 N–H and O–H groups in total. The minimum absolute atomic E-state index is 0.0857. The molecule has 0 aliphatic carbocycles. The average molecular weight is 909 g/mol. The van der Waals surface area contributed by atoms with E-state index in [1.54, 1.807) is 0 Å². The van der Waals surface area contributed by atoms with Crippen molar-refractivity contribution < 1.29 is 28.6 Å². The van der Waals surface area contributed by atoms with Gasteiger partial charge < -0.3 is 14.2 Å². The summed E-state index contributed by atoms with van der Waals surface area (Å²) in [6.07, 6.45) is 66.4. The normalized spacial score (nSPS) is 12.5. The van der Waals surface area contributed by atoms with Gasteiger partial charge in [0.2, 0.25) is 0 Å². The Kier molecular flexibility index (Phi) is 51.3. The molecular weight excluding hydrogens is 805 g/mol. The lowest BCUT2D eigenvalue weighted by Gasteiger charge is -2.18. The number of esters is 3. The van der Waals surface area contributed by atoms with Crippen molar-refractivity contribution in [2.75, 3.05) is 13.2 Å². The Hall–Kier alpha value is -2.89. The van der Waals surface area contributed by atoms with E-state index in [1.165, 1.54) is 154 Å². The number of rotatable bonds is 50. The molecule has 6 nitrogen and oxygen atoms in total. The molecule has 376 valence electrons. The number of hydrogen-bond donors (Lipinski definition) is 0. The minimum Gasteiger partial charge on any atom is -0.462 e. The summed E-state index contributed by atoms with van der Waals surface area (Å²) in [5.74, 6) is -0.922. The number of carbonyl (C=O) groups is 3. The highest BCUT2D eigenvalue weighted by atomic mass is 16.6. The van der Waals surface area contributed by atoms with Gasteiger partial charge in [0.05, 0.1) is 0 Å². The summed E-state index contributed by atoms with van der Waals surface area (Å²) < 4.78 is 16.8. The molecule has 0 aromatic heterocycles. The smallest absolute Gasteiger partial charge is 0.306 e. The van der Waals surface area contributed by atoms with Crippen molar-refractivity contribution in [2.45, 2.75) is 284 Å². The average Bonchev–Trinajstić information content (AvgIpc) is 3.30. The minimum atomic E-state index is -0.790. The van der Waals surface area contributed by atoms with Crippen molar-refractivity contribution in [1.82, 2.24) is 0 Å². The van der Waals surface area contributed by atoms with Gasteiger partial charge in [-0.2, -0.15) is 0 Å². The predicted molar refractivity (Wildman–Crippen MR) is 279 cm³/mol. The van der Waals surface area contributed by atoms with Crippen LogP contribution >= 0.6 is 0 Å². The van der Waals surface area contributed by atoms with Crippen LogP contribution in [0.2, 0.25) is 0 Å². The molecule has 0 aromatic rings. The molecule has 0 fully saturated rings. The maximum absolute atomic E-state index is 12.8. The van der Waals surface area contributed by atoms with Crippen LogP contribution in [-0.4, -0.2) is 37.2 Å². The first-order chi connectivity index (χ1) is 32.0. The largest absolute Gasteiger partial charge is 0.462 e. The summed E-state index contributed by atoms with van der Waals surface area (Å²) >= 11 is 0. The van der Waals surface area contributed by atoms with Gasteiger partial charge in [-0.25, -0.2) is 0 Å². The van der Waals surface area contributed by atoms with E-state index in [0.29, 0.717) is 19.3 Å². The fourth-order valence-electron chi connectivity index (χ4n) is 7.84. The molecule has 6 heteroatoms. The summed E-state index contributed by atoms with van der Waals surface area (Å²) in [5.41, 5.74) is 0. The van der Waals surface area contributed by atoms with E-state index in [4.69, 9.17) is 14.2 Å². The zero-order chi connectivity index (χ0) is 47.2. The summed E-state index contributed by atoms with van der Waals surface area (Å²) in [7, 11) is 0. The van der Waals surface area contributed by atoms with Gasteiger partial charge >= 0.3 is 17.9 Å². The number of hydrogen-bond acceptors (Lipinski definition) is 6. The molecule has 0 amide bonds. The maximum atomic E-state index is 12.8. The summed E-state index contributed by atoms with van der Waals surface area (Å²) in [6, 6.07) is 0. The van der Waals surface area contributed by atoms with Crippen LogP contribution in [0.3, 0.4) is 0 Å². The van der Waals surface area contributed by atoms with Crippen LogP contribution in [0.5, 0.6) is 0 Å². The molecule has 1 atom stereocenters. The maximum Gasteiger partial charge on any atom is 0.306 e. The molecule has 0 unspecified atom stereocenters. The van der Waals surface area contributed by atoms with Gasteiger partial charge in [0.1, 0.15) is 13.2 Å². The Bertz CT molecular complexity index is 1180. The van der Waals surface area contributed by atoms with Crippen molar-refractivity contribution in [1.29, 1.82) is 0 Å². The second-order valence-electron chi connectivity index (χ2n) is 18.5. The Balaban J connectivity index is 4.40. The van der Waals surface area contributed by atoms with Gasteiger partial charge in [0.15, 0.2) is 6.10 Å². The highest BCUT2D eigenvalue weighted by molar-refractivity contribution is 5.71. The van der Waals surface area contributed by atoms with Crippen molar-refractivity contribution >= 4 is 17.9 Å². The Morgan fingerprint density at radius 2 is 0.600 bits per heavy atom. The fraction of sp³-hybridized carbons (Fsp3) is 0.780. The van der Waals surface area contributed by atoms with E-state index in [9.17, 15) is 14.4 Å². The van der Waals surface area contributed by atoms with E-state index in [2.05, 4.69) is 81.5 Å². The summed E-state index contributed by atoms with van der Waals surface area (Å²) in [5, 5.41) is 0. The fourth-order valence-corrected chi connectivity index (χ4v) is 7.84. The Morgan fingerprint density at radius 1 is 0.323 bits per heavy atom. The van der Waals surface area contributed by atoms with Crippen LogP contribution in [0.25, 0.3) is 0 Å². The number of ether oxygens (including phenoxy) is 3. The van der Waals surface area contributed by atoms with Crippen LogP contribution in [-0.2, 0) is 28.6 Å².